The number of hydrogen-bond donors (Lipinski definition) is 2. The first-order valence-corrected chi connectivity index (χ1v) is 12.5. The summed E-state index contributed by atoms with van der Waals surface area (Å²) in [5, 5.41) is 9.15. The number of rotatable bonds is 5. The van der Waals surface area contributed by atoms with Gasteiger partial charge in [0, 0.05) is 35.1 Å². The average molecular weight is 564 g/mol. The monoisotopic (exact) mass is 562 g/mol. The zero-order valence-electron chi connectivity index (χ0n) is 18.2. The van der Waals surface area contributed by atoms with Gasteiger partial charge < -0.3 is 14.5 Å². The third kappa shape index (κ3) is 4.79. The predicted molar refractivity (Wildman–Crippen MR) is 142 cm³/mol. The Labute approximate surface area is 214 Å². The number of sulfonamides is 1. The molecule has 0 unspecified atom stereocenters. The molecule has 0 aromatic heterocycles. The lowest BCUT2D eigenvalue weighted by molar-refractivity contribution is 0.122. The fraction of sp³-hybridized carbons (Fsp3) is 0.208. The van der Waals surface area contributed by atoms with Crippen molar-refractivity contribution in [3.05, 3.63) is 82.9 Å². The molecule has 0 aliphatic carbocycles. The summed E-state index contributed by atoms with van der Waals surface area (Å²) in [5.74, 6) is 0.360. The maximum Gasteiger partial charge on any atom is 0.264 e. The fourth-order valence-electron chi connectivity index (χ4n) is 4.18. The predicted octanol–water partition coefficient (Wildman–Crippen LogP) is 4.90. The first kappa shape index (κ1) is 24.5. The van der Waals surface area contributed by atoms with Gasteiger partial charge >= 0.3 is 0 Å². The van der Waals surface area contributed by atoms with E-state index in [1.54, 1.807) is 30.3 Å². The number of anilines is 3. The van der Waals surface area contributed by atoms with Gasteiger partial charge in [0.05, 0.1) is 25.4 Å². The van der Waals surface area contributed by atoms with Crippen LogP contribution in [0.15, 0.2) is 71.6 Å². The molecule has 10 heteroatoms. The molecule has 7 nitrogen and oxygen atoms in total. The summed E-state index contributed by atoms with van der Waals surface area (Å²) in [6.45, 7) is 2.81. The maximum absolute atomic E-state index is 13.5. The summed E-state index contributed by atoms with van der Waals surface area (Å²) in [6, 6.07) is 19.7. The van der Waals surface area contributed by atoms with Gasteiger partial charge in [-0.05, 0) is 48.0 Å². The fourth-order valence-corrected chi connectivity index (χ4v) is 5.61. The quantitative estimate of drug-likeness (QED) is 0.461. The first-order chi connectivity index (χ1) is 15.9. The van der Waals surface area contributed by atoms with Crippen LogP contribution in [0.5, 0.6) is 0 Å². The van der Waals surface area contributed by atoms with E-state index in [9.17, 15) is 8.42 Å². The van der Waals surface area contributed by atoms with E-state index in [1.807, 2.05) is 46.2 Å². The number of morpholine rings is 1. The Kier molecular flexibility index (Phi) is 7.18. The summed E-state index contributed by atoms with van der Waals surface area (Å²) >= 11 is 5.95. The third-order valence-corrected chi connectivity index (χ3v) is 7.53. The molecule has 0 radical (unpaired) electrons. The van der Waals surface area contributed by atoms with Gasteiger partial charge in [0.25, 0.3) is 10.0 Å². The molecule has 0 spiro atoms. The Hall–Kier alpha value is -2.59. The molecule has 34 heavy (non-hydrogen) atoms. The average Bonchev–Trinajstić information content (AvgIpc) is 3.17. The van der Waals surface area contributed by atoms with Crippen molar-refractivity contribution in [3.63, 3.8) is 0 Å². The second-order valence-electron chi connectivity index (χ2n) is 7.96. The number of fused-ring (bicyclic) bond motifs is 1. The van der Waals surface area contributed by atoms with Gasteiger partial charge in [0.2, 0.25) is 0 Å². The van der Waals surface area contributed by atoms with Crippen molar-refractivity contribution in [2.75, 3.05) is 40.8 Å². The largest absolute Gasteiger partial charge is 0.378 e. The number of nitrogens with zero attached hydrogens (tertiary/aromatic N) is 2. The minimum Gasteiger partial charge on any atom is -0.378 e. The van der Waals surface area contributed by atoms with Crippen LogP contribution in [0.25, 0.3) is 0 Å². The molecule has 0 atom stereocenters. The first-order valence-electron chi connectivity index (χ1n) is 10.6. The van der Waals surface area contributed by atoms with Crippen molar-refractivity contribution in [2.45, 2.75) is 11.4 Å². The van der Waals surface area contributed by atoms with Gasteiger partial charge in [-0.2, -0.15) is 0 Å². The van der Waals surface area contributed by atoms with Crippen LogP contribution in [0, 0.1) is 5.41 Å². The molecule has 1 fully saturated rings. The van der Waals surface area contributed by atoms with Crippen LogP contribution in [-0.2, 0) is 21.3 Å². The van der Waals surface area contributed by atoms with Gasteiger partial charge in [0.15, 0.2) is 0 Å². The highest BCUT2D eigenvalue weighted by Gasteiger charge is 2.29. The topological polar surface area (TPSA) is 85.7 Å². The second kappa shape index (κ2) is 9.95. The zero-order valence-corrected chi connectivity index (χ0v) is 21.5. The number of benzene rings is 3. The standard InChI is InChI=1S/C24H23ClN4O3S.BrH/c25-18-5-7-19(8-6-18)27-33(30,31)23-15-20(9-10-22(23)28-11-13-32-14-12-28)29-16-17-3-1-2-4-21(17)24(29)26;/h1-10,15,26-27H,11-14,16H2;1H. The van der Waals surface area contributed by atoms with Crippen molar-refractivity contribution in [1.29, 1.82) is 5.41 Å². The summed E-state index contributed by atoms with van der Waals surface area (Å²) in [6.07, 6.45) is 0. The van der Waals surface area contributed by atoms with E-state index in [2.05, 4.69) is 4.72 Å². The second-order valence-corrected chi connectivity index (χ2v) is 10.0. The molecule has 5 rings (SSSR count). The molecule has 1 saturated heterocycles. The Morgan fingerprint density at radius 1 is 0.971 bits per heavy atom. The van der Waals surface area contributed by atoms with Gasteiger partial charge in [-0.15, -0.1) is 17.0 Å². The van der Waals surface area contributed by atoms with Crippen LogP contribution >= 0.6 is 28.6 Å². The lowest BCUT2D eigenvalue weighted by Gasteiger charge is -2.31. The number of hydrogen-bond acceptors (Lipinski definition) is 5. The Bertz CT molecular complexity index is 1310. The normalized spacial score (nSPS) is 15.6. The molecule has 2 aliphatic heterocycles. The molecular weight excluding hydrogens is 540 g/mol. The molecule has 0 saturated carbocycles. The highest BCUT2D eigenvalue weighted by molar-refractivity contribution is 8.93. The van der Waals surface area contributed by atoms with E-state index in [1.165, 1.54) is 0 Å². The Morgan fingerprint density at radius 3 is 2.38 bits per heavy atom. The Morgan fingerprint density at radius 2 is 1.68 bits per heavy atom. The molecule has 0 bridgehead atoms. The Balaban J connectivity index is 0.00000274. The van der Waals surface area contributed by atoms with Gasteiger partial charge in [-0.1, -0.05) is 35.9 Å². The molecule has 2 heterocycles. The van der Waals surface area contributed by atoms with Gasteiger partial charge in [-0.25, -0.2) is 8.42 Å². The van der Waals surface area contributed by atoms with Crippen LogP contribution in [0.3, 0.4) is 0 Å². The molecule has 178 valence electrons. The highest BCUT2D eigenvalue weighted by atomic mass is 79.9. The number of ether oxygens (including phenoxy) is 1. The SMILES string of the molecule is Br.N=C1c2ccccc2CN1c1ccc(N2CCOCC2)c(S(=O)(=O)Nc2ccc(Cl)cc2)c1. The van der Waals surface area contributed by atoms with Crippen molar-refractivity contribution in [3.8, 4) is 0 Å². The molecule has 2 N–H and O–H groups in total. The zero-order chi connectivity index (χ0) is 23.0. The lowest BCUT2D eigenvalue weighted by atomic mass is 10.1. The van der Waals surface area contributed by atoms with Crippen LogP contribution in [-0.4, -0.2) is 40.6 Å². The summed E-state index contributed by atoms with van der Waals surface area (Å²) < 4.78 is 35.2. The summed E-state index contributed by atoms with van der Waals surface area (Å²) in [7, 11) is -3.92. The van der Waals surface area contributed by atoms with E-state index < -0.39 is 10.0 Å². The summed E-state index contributed by atoms with van der Waals surface area (Å²) in [4.78, 5) is 4.02. The smallest absolute Gasteiger partial charge is 0.264 e. The minimum atomic E-state index is -3.92. The van der Waals surface area contributed by atoms with Crippen molar-refractivity contribution in [1.82, 2.24) is 0 Å². The van der Waals surface area contributed by atoms with Gasteiger partial charge in [0.1, 0.15) is 10.7 Å². The van der Waals surface area contributed by atoms with Crippen molar-refractivity contribution in [2.24, 2.45) is 0 Å². The highest BCUT2D eigenvalue weighted by Crippen LogP contribution is 2.35. The van der Waals surface area contributed by atoms with E-state index in [4.69, 9.17) is 21.7 Å². The van der Waals surface area contributed by atoms with E-state index >= 15 is 0 Å². The van der Waals surface area contributed by atoms with Crippen molar-refractivity contribution >= 4 is 61.5 Å². The molecule has 2 aliphatic rings. The number of nitrogens with one attached hydrogen (secondary N) is 2. The molecule has 0 amide bonds. The van der Waals surface area contributed by atoms with E-state index in [-0.39, 0.29) is 21.9 Å². The lowest BCUT2D eigenvalue weighted by Crippen LogP contribution is -2.37. The van der Waals surface area contributed by atoms with E-state index in [0.29, 0.717) is 60.8 Å². The maximum atomic E-state index is 13.5. The third-order valence-electron chi connectivity index (χ3n) is 5.86. The van der Waals surface area contributed by atoms with Crippen molar-refractivity contribution < 1.29 is 13.2 Å². The number of halogens is 2. The van der Waals surface area contributed by atoms with Crippen LogP contribution in [0.2, 0.25) is 5.02 Å². The number of amidine groups is 1. The van der Waals surface area contributed by atoms with Gasteiger partial charge in [-0.3, -0.25) is 10.1 Å². The summed E-state index contributed by atoms with van der Waals surface area (Å²) in [5.41, 5.74) is 3.61. The van der Waals surface area contributed by atoms with E-state index in [0.717, 1.165) is 11.1 Å². The van der Waals surface area contributed by atoms with Crippen LogP contribution in [0.4, 0.5) is 17.1 Å². The van der Waals surface area contributed by atoms with Crippen LogP contribution < -0.4 is 14.5 Å². The van der Waals surface area contributed by atoms with Crippen LogP contribution in [0.1, 0.15) is 11.1 Å². The minimum absolute atomic E-state index is 0. The molecule has 3 aromatic rings. The molecule has 3 aromatic carbocycles. The molecular formula is C24H24BrClN4O3S.